The number of hydrogen-bond donors (Lipinski definition) is 2. The van der Waals surface area contributed by atoms with Crippen molar-refractivity contribution in [3.63, 3.8) is 0 Å². The molecule has 6 rings (SSSR count). The molecule has 36 heavy (non-hydrogen) atoms. The highest BCUT2D eigenvalue weighted by Gasteiger charge is 2.62. The third-order valence-electron chi connectivity index (χ3n) is 9.76. The third kappa shape index (κ3) is 3.16. The van der Waals surface area contributed by atoms with Gasteiger partial charge in [-0.05, 0) is 111 Å². The minimum atomic E-state index is -1.07. The quantitative estimate of drug-likeness (QED) is 0.402. The first kappa shape index (κ1) is 23.7. The van der Waals surface area contributed by atoms with Crippen molar-refractivity contribution >= 4 is 16.9 Å². The Kier molecular flexibility index (Phi) is 4.88. The Balaban J connectivity index is 1.52. The van der Waals surface area contributed by atoms with Gasteiger partial charge in [-0.1, -0.05) is 13.0 Å². The normalized spacial score (nSPS) is 36.6. The number of fused-ring (bicyclic) bond motifs is 7. The van der Waals surface area contributed by atoms with Gasteiger partial charge < -0.3 is 19.4 Å². The van der Waals surface area contributed by atoms with Crippen LogP contribution in [0.3, 0.4) is 0 Å². The number of benzene rings is 1. The van der Waals surface area contributed by atoms with Crippen molar-refractivity contribution in [2.24, 2.45) is 17.3 Å². The van der Waals surface area contributed by atoms with E-state index < -0.39 is 17.3 Å². The zero-order chi connectivity index (χ0) is 25.8. The molecule has 0 bridgehead atoms. The van der Waals surface area contributed by atoms with Crippen LogP contribution in [0.1, 0.15) is 80.7 Å². The van der Waals surface area contributed by atoms with Crippen molar-refractivity contribution in [1.29, 1.82) is 0 Å². The lowest BCUT2D eigenvalue weighted by Gasteiger charge is -2.45. The number of carbonyl (C=O) groups excluding carboxylic acids is 1. The number of allylic oxidation sites excluding steroid dienone is 1. The Morgan fingerprint density at radius 2 is 1.75 bits per heavy atom. The molecule has 0 saturated heterocycles. The molecule has 0 radical (unpaired) electrons. The molecule has 2 N–H and O–H groups in total. The van der Waals surface area contributed by atoms with Gasteiger partial charge in [-0.25, -0.2) is 9.59 Å². The number of esters is 1. The van der Waals surface area contributed by atoms with Crippen molar-refractivity contribution < 1.29 is 24.2 Å². The van der Waals surface area contributed by atoms with Gasteiger partial charge in [0.15, 0.2) is 0 Å². The first-order valence-corrected chi connectivity index (χ1v) is 13.0. The fourth-order valence-corrected chi connectivity index (χ4v) is 8.16. The molecule has 0 amide bonds. The number of ether oxygens (including phenoxy) is 1. The molecule has 1 aromatic carbocycles. The molecule has 6 unspecified atom stereocenters. The van der Waals surface area contributed by atoms with Crippen LogP contribution in [0.4, 0.5) is 0 Å². The number of hydrogen-bond acceptors (Lipinski definition) is 6. The van der Waals surface area contributed by atoms with E-state index in [0.29, 0.717) is 24.0 Å². The van der Waals surface area contributed by atoms with Crippen LogP contribution < -0.4 is 5.63 Å². The second-order valence-electron chi connectivity index (χ2n) is 12.3. The monoisotopic (exact) mass is 490 g/mol. The van der Waals surface area contributed by atoms with E-state index in [0.717, 1.165) is 40.5 Å². The molecule has 1 aliphatic heterocycles. The summed E-state index contributed by atoms with van der Waals surface area (Å²) in [6.45, 7) is 9.76. The van der Waals surface area contributed by atoms with Crippen molar-refractivity contribution in [3.05, 3.63) is 68.6 Å². The van der Waals surface area contributed by atoms with Crippen LogP contribution in [-0.4, -0.2) is 27.4 Å². The summed E-state index contributed by atoms with van der Waals surface area (Å²) < 4.78 is 11.4. The molecule has 0 spiro atoms. The summed E-state index contributed by atoms with van der Waals surface area (Å²) in [5.74, 6) is -0.375. The zero-order valence-corrected chi connectivity index (χ0v) is 21.6. The number of cyclic esters (lactones) is 1. The van der Waals surface area contributed by atoms with E-state index in [4.69, 9.17) is 9.15 Å². The van der Waals surface area contributed by atoms with E-state index in [2.05, 4.69) is 13.0 Å². The Bertz CT molecular complexity index is 1430. The largest absolute Gasteiger partial charge is 0.456 e. The predicted molar refractivity (Wildman–Crippen MR) is 136 cm³/mol. The zero-order valence-electron chi connectivity index (χ0n) is 21.6. The molecule has 6 atom stereocenters. The van der Waals surface area contributed by atoms with Crippen LogP contribution in [0.15, 0.2) is 45.1 Å². The summed E-state index contributed by atoms with van der Waals surface area (Å²) in [5, 5.41) is 24.6. The Morgan fingerprint density at radius 1 is 1.00 bits per heavy atom. The van der Waals surface area contributed by atoms with Gasteiger partial charge in [0, 0.05) is 22.9 Å². The fraction of sp³-hybridized carbons (Fsp3) is 0.533. The molecule has 190 valence electrons. The summed E-state index contributed by atoms with van der Waals surface area (Å²) >= 11 is 0. The minimum absolute atomic E-state index is 0.00487. The maximum atomic E-state index is 12.3. The Hall–Kier alpha value is -2.70. The molecule has 1 aromatic heterocycles. The average molecular weight is 491 g/mol. The van der Waals surface area contributed by atoms with Crippen LogP contribution >= 0.6 is 0 Å². The molecule has 2 heterocycles. The molecule has 1 saturated carbocycles. The second kappa shape index (κ2) is 7.42. The van der Waals surface area contributed by atoms with E-state index in [1.165, 1.54) is 6.08 Å². The first-order valence-electron chi connectivity index (χ1n) is 13.0. The van der Waals surface area contributed by atoms with Gasteiger partial charge in [0.1, 0.15) is 11.2 Å². The van der Waals surface area contributed by atoms with Crippen molar-refractivity contribution in [3.8, 4) is 0 Å². The van der Waals surface area contributed by atoms with Crippen LogP contribution in [0.5, 0.6) is 0 Å². The van der Waals surface area contributed by atoms with Crippen LogP contribution in [0.2, 0.25) is 0 Å². The highest BCUT2D eigenvalue weighted by atomic mass is 16.6. The number of aliphatic hydroxyl groups is 2. The average Bonchev–Trinajstić information content (AvgIpc) is 2.86. The molecular weight excluding hydrogens is 456 g/mol. The van der Waals surface area contributed by atoms with Gasteiger partial charge in [0.05, 0.1) is 11.7 Å². The van der Waals surface area contributed by atoms with Gasteiger partial charge in [-0.2, -0.15) is 0 Å². The smallest absolute Gasteiger partial charge is 0.339 e. The summed E-state index contributed by atoms with van der Waals surface area (Å²) in [6, 6.07) is 3.92. The molecule has 6 nitrogen and oxygen atoms in total. The van der Waals surface area contributed by atoms with E-state index >= 15 is 0 Å². The van der Waals surface area contributed by atoms with E-state index in [-0.39, 0.29) is 34.8 Å². The predicted octanol–water partition coefficient (Wildman–Crippen LogP) is 4.92. The molecule has 2 aromatic rings. The number of rotatable bonds is 0. The van der Waals surface area contributed by atoms with Gasteiger partial charge in [-0.3, -0.25) is 0 Å². The summed E-state index contributed by atoms with van der Waals surface area (Å²) in [5.41, 5.74) is 2.28. The topological polar surface area (TPSA) is 97.0 Å². The van der Waals surface area contributed by atoms with Crippen molar-refractivity contribution in [2.45, 2.75) is 83.5 Å². The fourth-order valence-electron chi connectivity index (χ4n) is 8.16. The summed E-state index contributed by atoms with van der Waals surface area (Å²) in [6.07, 6.45) is 7.18. The Morgan fingerprint density at radius 3 is 2.50 bits per heavy atom. The lowest BCUT2D eigenvalue weighted by Crippen LogP contribution is -2.40. The second-order valence-corrected chi connectivity index (χ2v) is 12.3. The van der Waals surface area contributed by atoms with E-state index in [9.17, 15) is 19.8 Å². The van der Waals surface area contributed by atoms with E-state index in [1.54, 1.807) is 6.92 Å². The SMILES string of the molecule is Cc1cc2cc3c(c(C)c2oc1=O)C(O)CC1(C)C3CC2(O)C=C3C=CC(=O)OC(C)(C)C3CCC21. The maximum absolute atomic E-state index is 12.3. The first-order chi connectivity index (χ1) is 16.8. The molecular formula is C30H34O6. The minimum Gasteiger partial charge on any atom is -0.456 e. The highest BCUT2D eigenvalue weighted by Crippen LogP contribution is 2.67. The molecule has 1 fully saturated rings. The van der Waals surface area contributed by atoms with Gasteiger partial charge in [-0.15, -0.1) is 0 Å². The summed E-state index contributed by atoms with van der Waals surface area (Å²) in [7, 11) is 0. The molecule has 4 aliphatic rings. The van der Waals surface area contributed by atoms with Crippen LogP contribution in [0, 0.1) is 31.1 Å². The lowest BCUT2D eigenvalue weighted by molar-refractivity contribution is -0.153. The van der Waals surface area contributed by atoms with Gasteiger partial charge in [0.25, 0.3) is 0 Å². The number of aryl methyl sites for hydroxylation is 2. The lowest BCUT2D eigenvalue weighted by atomic mass is 9.60. The third-order valence-corrected chi connectivity index (χ3v) is 9.76. The van der Waals surface area contributed by atoms with Crippen molar-refractivity contribution in [1.82, 2.24) is 0 Å². The maximum Gasteiger partial charge on any atom is 0.339 e. The van der Waals surface area contributed by atoms with Crippen molar-refractivity contribution in [2.75, 3.05) is 0 Å². The van der Waals surface area contributed by atoms with Gasteiger partial charge in [0.2, 0.25) is 0 Å². The van der Waals surface area contributed by atoms with E-state index in [1.807, 2.05) is 39.0 Å². The van der Waals surface area contributed by atoms with Crippen LogP contribution in [0.25, 0.3) is 11.0 Å². The highest BCUT2D eigenvalue weighted by molar-refractivity contribution is 5.84. The van der Waals surface area contributed by atoms with Crippen LogP contribution in [-0.2, 0) is 9.53 Å². The number of aliphatic hydroxyl groups excluding tert-OH is 1. The summed E-state index contributed by atoms with van der Waals surface area (Å²) in [4.78, 5) is 24.4. The Labute approximate surface area is 210 Å². The molecule has 6 heteroatoms. The van der Waals surface area contributed by atoms with Gasteiger partial charge >= 0.3 is 11.6 Å². The number of carbonyl (C=O) groups is 1. The molecule has 3 aliphatic carbocycles. The standard InChI is InChI=1S/C30H34O6/c1-15-10-18-11-19-21-13-30(34)12-17-6-9-24(32)36-28(3,4)20(17)7-8-23(30)29(21,5)14-22(31)25(19)16(2)26(18)35-27(15)33/h6,9-12,20-23,31,34H,7-8,13-14H2,1-5H3.